The van der Waals surface area contributed by atoms with Gasteiger partial charge in [0.15, 0.2) is 0 Å². The summed E-state index contributed by atoms with van der Waals surface area (Å²) in [5, 5.41) is 29.9. The van der Waals surface area contributed by atoms with E-state index in [0.717, 1.165) is 25.7 Å². The normalized spacial score (nSPS) is 14.9. The number of unbranched alkanes of at least 4 members (excludes halogenated alkanes) is 3. The van der Waals surface area contributed by atoms with Crippen molar-refractivity contribution in [1.29, 1.82) is 0 Å². The lowest BCUT2D eigenvalue weighted by Crippen LogP contribution is -2.44. The number of rotatable bonds is 12. The minimum atomic E-state index is -1.28. The fourth-order valence-electron chi connectivity index (χ4n) is 2.14. The van der Waals surface area contributed by atoms with Crippen LogP contribution >= 0.6 is 0 Å². The van der Waals surface area contributed by atoms with Gasteiger partial charge in [-0.15, -0.1) is 0 Å². The van der Waals surface area contributed by atoms with Crippen LogP contribution in [0.5, 0.6) is 0 Å². The number of carbonyl (C=O) groups is 3. The molecule has 0 aliphatic carbocycles. The molecule has 2 atom stereocenters. The van der Waals surface area contributed by atoms with Gasteiger partial charge in [-0.25, -0.2) is 4.79 Å². The maximum Gasteiger partial charge on any atom is 0.326 e. The van der Waals surface area contributed by atoms with Gasteiger partial charge in [-0.05, 0) is 19.8 Å². The van der Waals surface area contributed by atoms with Crippen molar-refractivity contribution in [2.75, 3.05) is 0 Å². The number of aliphatic carboxylic acids is 2. The second kappa shape index (κ2) is 10.2. The first-order chi connectivity index (χ1) is 10.2. The number of carbonyl (C=O) groups excluding carboxylic acids is 1. The molecule has 7 heteroatoms. The number of hydrogen-bond acceptors (Lipinski definition) is 4. The van der Waals surface area contributed by atoms with Gasteiger partial charge in [0.05, 0.1) is 12.0 Å². The van der Waals surface area contributed by atoms with E-state index < -0.39 is 29.5 Å². The standard InChI is InChI=1S/C15H27NO6/c1-3-4-5-6-9-15(2,22)10-12(17)16-11(14(20)21)7-8-13(18)19/h11,22H,3-10H2,1-2H3,(H,16,17)(H,18,19)(H,20,21)/t11-,15?/m0/s1. The fraction of sp³-hybridized carbons (Fsp3) is 0.800. The van der Waals surface area contributed by atoms with Crippen molar-refractivity contribution in [2.45, 2.75) is 76.9 Å². The van der Waals surface area contributed by atoms with Gasteiger partial charge in [0.2, 0.25) is 5.91 Å². The van der Waals surface area contributed by atoms with Gasteiger partial charge in [-0.3, -0.25) is 9.59 Å². The molecular weight excluding hydrogens is 290 g/mol. The van der Waals surface area contributed by atoms with Crippen LogP contribution in [0.3, 0.4) is 0 Å². The Hall–Kier alpha value is -1.63. The third kappa shape index (κ3) is 10.1. The van der Waals surface area contributed by atoms with Crippen LogP contribution in [0.4, 0.5) is 0 Å². The predicted molar refractivity (Wildman–Crippen MR) is 80.4 cm³/mol. The summed E-state index contributed by atoms with van der Waals surface area (Å²) in [4.78, 5) is 33.3. The van der Waals surface area contributed by atoms with Crippen molar-refractivity contribution in [3.63, 3.8) is 0 Å². The highest BCUT2D eigenvalue weighted by Gasteiger charge is 2.27. The van der Waals surface area contributed by atoms with Crippen LogP contribution in [0.25, 0.3) is 0 Å². The van der Waals surface area contributed by atoms with Crippen LogP contribution in [-0.2, 0) is 14.4 Å². The second-order valence-corrected chi connectivity index (χ2v) is 5.88. The van der Waals surface area contributed by atoms with Gasteiger partial charge in [0.1, 0.15) is 6.04 Å². The quantitative estimate of drug-likeness (QED) is 0.405. The van der Waals surface area contributed by atoms with Crippen molar-refractivity contribution in [1.82, 2.24) is 5.32 Å². The first-order valence-electron chi connectivity index (χ1n) is 7.64. The van der Waals surface area contributed by atoms with Gasteiger partial charge in [-0.2, -0.15) is 0 Å². The monoisotopic (exact) mass is 317 g/mol. The van der Waals surface area contributed by atoms with E-state index in [9.17, 15) is 19.5 Å². The Balaban J connectivity index is 4.30. The molecule has 0 aromatic carbocycles. The molecule has 0 aromatic rings. The summed E-state index contributed by atoms with van der Waals surface area (Å²) in [7, 11) is 0. The molecule has 7 nitrogen and oxygen atoms in total. The summed E-state index contributed by atoms with van der Waals surface area (Å²) in [6.07, 6.45) is 3.66. The lowest BCUT2D eigenvalue weighted by Gasteiger charge is -2.23. The Bertz CT molecular complexity index is 380. The van der Waals surface area contributed by atoms with E-state index in [1.807, 2.05) is 0 Å². The Kier molecular flexibility index (Phi) is 9.40. The molecule has 22 heavy (non-hydrogen) atoms. The summed E-state index contributed by atoms with van der Waals surface area (Å²) in [5.74, 6) is -2.99. The molecule has 0 bridgehead atoms. The molecule has 0 spiro atoms. The fourth-order valence-corrected chi connectivity index (χ4v) is 2.14. The number of aliphatic hydroxyl groups is 1. The highest BCUT2D eigenvalue weighted by atomic mass is 16.4. The highest BCUT2D eigenvalue weighted by Crippen LogP contribution is 2.19. The largest absolute Gasteiger partial charge is 0.481 e. The SMILES string of the molecule is CCCCCCC(C)(O)CC(=O)N[C@@H](CCC(=O)O)C(=O)O. The molecule has 4 N–H and O–H groups in total. The minimum absolute atomic E-state index is 0.185. The Morgan fingerprint density at radius 1 is 1.14 bits per heavy atom. The molecule has 0 aromatic heterocycles. The average molecular weight is 317 g/mol. The molecule has 0 saturated carbocycles. The third-order valence-corrected chi connectivity index (χ3v) is 3.39. The van der Waals surface area contributed by atoms with Gasteiger partial charge in [-0.1, -0.05) is 32.6 Å². The van der Waals surface area contributed by atoms with Crippen molar-refractivity contribution < 1.29 is 29.7 Å². The van der Waals surface area contributed by atoms with Crippen LogP contribution in [0, 0.1) is 0 Å². The Labute approximate surface area is 130 Å². The molecule has 0 fully saturated rings. The van der Waals surface area contributed by atoms with Gasteiger partial charge < -0.3 is 20.6 Å². The number of carboxylic acid groups (broad SMARTS) is 2. The van der Waals surface area contributed by atoms with E-state index in [4.69, 9.17) is 10.2 Å². The number of nitrogens with one attached hydrogen (secondary N) is 1. The van der Waals surface area contributed by atoms with E-state index in [1.165, 1.54) is 0 Å². The molecule has 0 aliphatic rings. The van der Waals surface area contributed by atoms with E-state index in [0.29, 0.717) is 6.42 Å². The first kappa shape index (κ1) is 20.4. The molecule has 0 rings (SSSR count). The summed E-state index contributed by atoms with van der Waals surface area (Å²) in [6.45, 7) is 3.63. The molecule has 1 amide bonds. The Morgan fingerprint density at radius 3 is 2.27 bits per heavy atom. The van der Waals surface area contributed by atoms with E-state index in [1.54, 1.807) is 6.92 Å². The van der Waals surface area contributed by atoms with E-state index >= 15 is 0 Å². The van der Waals surface area contributed by atoms with Crippen LogP contribution in [0.2, 0.25) is 0 Å². The zero-order chi connectivity index (χ0) is 17.2. The maximum absolute atomic E-state index is 11.8. The summed E-state index contributed by atoms with van der Waals surface area (Å²) >= 11 is 0. The van der Waals surface area contributed by atoms with Crippen molar-refractivity contribution in [3.05, 3.63) is 0 Å². The average Bonchev–Trinajstić information content (AvgIpc) is 2.38. The lowest BCUT2D eigenvalue weighted by atomic mass is 9.94. The summed E-state index contributed by atoms with van der Waals surface area (Å²) < 4.78 is 0. The second-order valence-electron chi connectivity index (χ2n) is 5.88. The Morgan fingerprint density at radius 2 is 1.77 bits per heavy atom. The maximum atomic E-state index is 11.8. The van der Waals surface area contributed by atoms with Crippen LogP contribution in [0.1, 0.15) is 65.2 Å². The van der Waals surface area contributed by atoms with E-state index in [-0.39, 0.29) is 19.3 Å². The number of carboxylic acids is 2. The molecule has 0 heterocycles. The minimum Gasteiger partial charge on any atom is -0.481 e. The smallest absolute Gasteiger partial charge is 0.326 e. The van der Waals surface area contributed by atoms with Crippen molar-refractivity contribution in [3.8, 4) is 0 Å². The number of amides is 1. The van der Waals surface area contributed by atoms with Crippen molar-refractivity contribution >= 4 is 17.8 Å². The topological polar surface area (TPSA) is 124 Å². The third-order valence-electron chi connectivity index (χ3n) is 3.39. The predicted octanol–water partition coefficient (Wildman–Crippen LogP) is 1.53. The van der Waals surface area contributed by atoms with Gasteiger partial charge in [0.25, 0.3) is 0 Å². The zero-order valence-electron chi connectivity index (χ0n) is 13.3. The van der Waals surface area contributed by atoms with Crippen LogP contribution in [0.15, 0.2) is 0 Å². The molecule has 128 valence electrons. The summed E-state index contributed by atoms with van der Waals surface area (Å²) in [5.41, 5.74) is -1.19. The molecule has 0 aliphatic heterocycles. The first-order valence-corrected chi connectivity index (χ1v) is 7.64. The number of hydrogen-bond donors (Lipinski definition) is 4. The van der Waals surface area contributed by atoms with E-state index in [2.05, 4.69) is 12.2 Å². The van der Waals surface area contributed by atoms with Gasteiger partial charge in [0, 0.05) is 6.42 Å². The zero-order valence-corrected chi connectivity index (χ0v) is 13.3. The summed E-state index contributed by atoms with van der Waals surface area (Å²) in [6, 6.07) is -1.25. The molecule has 0 radical (unpaired) electrons. The van der Waals surface area contributed by atoms with Gasteiger partial charge >= 0.3 is 11.9 Å². The van der Waals surface area contributed by atoms with Crippen molar-refractivity contribution in [2.24, 2.45) is 0 Å². The highest BCUT2D eigenvalue weighted by molar-refractivity contribution is 5.84. The molecule has 0 saturated heterocycles. The molecule has 1 unspecified atom stereocenters. The lowest BCUT2D eigenvalue weighted by molar-refractivity contribution is -0.143. The van der Waals surface area contributed by atoms with Crippen LogP contribution < -0.4 is 5.32 Å². The van der Waals surface area contributed by atoms with Crippen LogP contribution in [-0.4, -0.2) is 44.8 Å². The molecular formula is C15H27NO6.